The van der Waals surface area contributed by atoms with E-state index in [0.717, 1.165) is 6.07 Å². The minimum absolute atomic E-state index is 0.0833. The molecular weight excluding hydrogens is 752 g/mol. The second kappa shape index (κ2) is 17.6. The summed E-state index contributed by atoms with van der Waals surface area (Å²) in [6.07, 6.45) is -21.9. The number of aromatic hydroxyl groups is 2. The highest BCUT2D eigenvalue weighted by Crippen LogP contribution is 2.44. The molecule has 0 saturated carbocycles. The van der Waals surface area contributed by atoms with Crippen LogP contribution in [0.25, 0.3) is 0 Å². The molecule has 0 aliphatic carbocycles. The Labute approximate surface area is 319 Å². The van der Waals surface area contributed by atoms with E-state index in [9.17, 15) is 61.0 Å². The zero-order valence-corrected chi connectivity index (χ0v) is 30.3. The number of Topliss-reactive ketones (excluding diaryl/α,β-unsaturated/α-hetero) is 1. The second-order valence-corrected chi connectivity index (χ2v) is 14.2. The first-order valence-corrected chi connectivity index (χ1v) is 17.9. The van der Waals surface area contributed by atoms with Crippen LogP contribution in [0.3, 0.4) is 0 Å². The average molecular weight is 801 g/mol. The van der Waals surface area contributed by atoms with Crippen molar-refractivity contribution in [2.45, 2.75) is 105 Å². The SMILES string of the molecule is COc1ccc(C2CC(=O)c3c(O)cc(O[C@@H]4OC(CO[C@@H]5OC(C)[C@H](O)[C@H](O)C5O)[C@@H](COC[C@H]5OC(CO)[C@@H](O)[C@@H](O)C5O)[C@@H](O)C4O)cc3O2)cc1O. The average Bonchev–Trinajstić information content (AvgIpc) is 3.17. The molecule has 2 aromatic rings. The summed E-state index contributed by atoms with van der Waals surface area (Å²) in [5, 5.41) is 115. The number of phenolic OH excluding ortho intramolecular Hbond substituents is 2. The number of aliphatic hydroxyl groups is 9. The van der Waals surface area contributed by atoms with Crippen LogP contribution < -0.4 is 14.2 Å². The zero-order chi connectivity index (χ0) is 40.6. The molecule has 7 unspecified atom stereocenters. The predicted octanol–water partition coefficient (Wildman–Crippen LogP) is -3.04. The topological polar surface area (TPSA) is 313 Å². The van der Waals surface area contributed by atoms with Crippen molar-refractivity contribution in [3.05, 3.63) is 41.5 Å². The van der Waals surface area contributed by atoms with Gasteiger partial charge in [0.1, 0.15) is 83.9 Å². The lowest BCUT2D eigenvalue weighted by Gasteiger charge is -2.44. The summed E-state index contributed by atoms with van der Waals surface area (Å²) in [5.41, 5.74) is 0.306. The molecule has 16 atom stereocenters. The van der Waals surface area contributed by atoms with Crippen molar-refractivity contribution in [3.63, 3.8) is 0 Å². The predicted molar refractivity (Wildman–Crippen MR) is 183 cm³/mol. The van der Waals surface area contributed by atoms with Crippen molar-refractivity contribution < 1.29 is 98.9 Å². The van der Waals surface area contributed by atoms with E-state index >= 15 is 0 Å². The van der Waals surface area contributed by atoms with Crippen LogP contribution in [0.15, 0.2) is 30.3 Å². The molecule has 0 radical (unpaired) electrons. The van der Waals surface area contributed by atoms with E-state index < -0.39 is 136 Å². The van der Waals surface area contributed by atoms with Gasteiger partial charge in [-0.3, -0.25) is 4.79 Å². The van der Waals surface area contributed by atoms with Gasteiger partial charge in [-0.15, -0.1) is 0 Å². The first kappa shape index (κ1) is 42.2. The maximum absolute atomic E-state index is 13.1. The first-order valence-electron chi connectivity index (χ1n) is 17.9. The van der Waals surface area contributed by atoms with Crippen LogP contribution in [0.1, 0.15) is 35.4 Å². The van der Waals surface area contributed by atoms with Crippen molar-refractivity contribution in [1.82, 2.24) is 0 Å². The van der Waals surface area contributed by atoms with Gasteiger partial charge in [-0.05, 0) is 24.6 Å². The number of ketones is 1. The first-order chi connectivity index (χ1) is 26.6. The van der Waals surface area contributed by atoms with Crippen molar-refractivity contribution in [3.8, 4) is 28.7 Å². The van der Waals surface area contributed by atoms with Gasteiger partial charge in [0.25, 0.3) is 0 Å². The van der Waals surface area contributed by atoms with E-state index in [0.29, 0.717) is 5.56 Å². The molecule has 56 heavy (non-hydrogen) atoms. The lowest BCUT2D eigenvalue weighted by molar-refractivity contribution is -0.316. The third-order valence-corrected chi connectivity index (χ3v) is 10.5. The maximum Gasteiger partial charge on any atom is 0.229 e. The lowest BCUT2D eigenvalue weighted by Crippen LogP contribution is -2.61. The number of carbonyl (C=O) groups excluding carboxylic acids is 1. The Balaban J connectivity index is 1.19. The third-order valence-electron chi connectivity index (χ3n) is 10.5. The maximum atomic E-state index is 13.1. The highest BCUT2D eigenvalue weighted by atomic mass is 16.7. The molecule has 0 aromatic heterocycles. The standard InChI is InChI=1S/C36H48O20/c1-13-27(41)31(45)34(48)35(52-13)51-12-24-16(10-50-11-25-30(44)32(46)29(43)23(9-37)55-25)28(42)33(47)36(56-24)53-15-6-18(39)26-19(40)8-21(54-22(26)7-15)14-3-4-20(49-2)17(38)5-14/h3-7,13,16,21,23-25,27-39,41-48H,8-12H2,1-2H3/t13?,16-,21?,23?,24?,25-,27+,28-,29-,30?,31+,32-,33?,34?,35-,36-/m1/s1. The molecule has 4 aliphatic heterocycles. The highest BCUT2D eigenvalue weighted by Gasteiger charge is 2.49. The number of benzene rings is 2. The van der Waals surface area contributed by atoms with Crippen LogP contribution in [0.2, 0.25) is 0 Å². The number of rotatable bonds is 12. The number of carbonyl (C=O) groups is 1. The molecule has 2 aromatic carbocycles. The smallest absolute Gasteiger partial charge is 0.229 e. The second-order valence-electron chi connectivity index (χ2n) is 14.2. The van der Waals surface area contributed by atoms with Crippen LogP contribution in [-0.2, 0) is 23.7 Å². The molecular formula is C36H48O20. The molecule has 20 heteroatoms. The molecule has 3 fully saturated rings. The van der Waals surface area contributed by atoms with Gasteiger partial charge in [0.2, 0.25) is 6.29 Å². The molecule has 20 nitrogen and oxygen atoms in total. The van der Waals surface area contributed by atoms with Gasteiger partial charge >= 0.3 is 0 Å². The summed E-state index contributed by atoms with van der Waals surface area (Å²) in [5.74, 6) is -2.33. The number of phenols is 2. The molecule has 11 N–H and O–H groups in total. The molecule has 6 rings (SSSR count). The van der Waals surface area contributed by atoms with Crippen LogP contribution in [-0.4, -0.2) is 181 Å². The Kier molecular flexibility index (Phi) is 13.2. The fraction of sp³-hybridized carbons (Fsp3) is 0.639. The van der Waals surface area contributed by atoms with Crippen LogP contribution in [0.4, 0.5) is 0 Å². The van der Waals surface area contributed by atoms with Gasteiger partial charge in [-0.1, -0.05) is 6.07 Å². The fourth-order valence-electron chi connectivity index (χ4n) is 7.14. The minimum Gasteiger partial charge on any atom is -0.507 e. The van der Waals surface area contributed by atoms with E-state index in [4.69, 9.17) is 37.9 Å². The number of ether oxygens (including phenoxy) is 8. The summed E-state index contributed by atoms with van der Waals surface area (Å²) < 4.78 is 45.5. The van der Waals surface area contributed by atoms with E-state index in [1.807, 2.05) is 0 Å². The van der Waals surface area contributed by atoms with Gasteiger partial charge in [-0.25, -0.2) is 0 Å². The van der Waals surface area contributed by atoms with E-state index in [1.54, 1.807) is 6.07 Å². The van der Waals surface area contributed by atoms with Crippen LogP contribution >= 0.6 is 0 Å². The fourth-order valence-corrected chi connectivity index (χ4v) is 7.14. The molecule has 0 amide bonds. The van der Waals surface area contributed by atoms with Crippen molar-refractivity contribution in [2.24, 2.45) is 5.92 Å². The molecule has 0 bridgehead atoms. The Morgan fingerprint density at radius 3 is 2.11 bits per heavy atom. The molecule has 312 valence electrons. The van der Waals surface area contributed by atoms with Crippen molar-refractivity contribution in [2.75, 3.05) is 33.5 Å². The summed E-state index contributed by atoms with van der Waals surface area (Å²) in [7, 11) is 1.38. The highest BCUT2D eigenvalue weighted by molar-refractivity contribution is 6.02. The van der Waals surface area contributed by atoms with Crippen molar-refractivity contribution in [1.29, 1.82) is 0 Å². The number of methoxy groups -OCH3 is 1. The van der Waals surface area contributed by atoms with E-state index in [-0.39, 0.29) is 35.0 Å². The lowest BCUT2D eigenvalue weighted by atomic mass is 9.89. The minimum atomic E-state index is -1.80. The molecule has 4 aliphatic rings. The molecule has 4 heterocycles. The Hall–Kier alpha value is -3.45. The Morgan fingerprint density at radius 2 is 1.41 bits per heavy atom. The summed E-state index contributed by atoms with van der Waals surface area (Å²) in [6, 6.07) is 6.83. The van der Waals surface area contributed by atoms with Gasteiger partial charge in [0.15, 0.2) is 23.6 Å². The summed E-state index contributed by atoms with van der Waals surface area (Å²) in [6.45, 7) is -0.525. The van der Waals surface area contributed by atoms with Crippen LogP contribution in [0.5, 0.6) is 28.7 Å². The summed E-state index contributed by atoms with van der Waals surface area (Å²) >= 11 is 0. The van der Waals surface area contributed by atoms with Gasteiger partial charge < -0.3 is 94.1 Å². The van der Waals surface area contributed by atoms with Crippen molar-refractivity contribution >= 4 is 5.78 Å². The van der Waals surface area contributed by atoms with Gasteiger partial charge in [0, 0.05) is 18.1 Å². The van der Waals surface area contributed by atoms with Gasteiger partial charge in [0.05, 0.1) is 58.3 Å². The summed E-state index contributed by atoms with van der Waals surface area (Å²) in [4.78, 5) is 13.1. The quantitative estimate of drug-likeness (QED) is 0.102. The molecule has 0 spiro atoms. The number of hydrogen-bond donors (Lipinski definition) is 11. The zero-order valence-electron chi connectivity index (χ0n) is 30.3. The largest absolute Gasteiger partial charge is 0.507 e. The normalized spacial score (nSPS) is 38.7. The third kappa shape index (κ3) is 8.54. The van der Waals surface area contributed by atoms with E-state index in [2.05, 4.69) is 0 Å². The molecule has 3 saturated heterocycles. The van der Waals surface area contributed by atoms with Crippen LogP contribution in [0, 0.1) is 5.92 Å². The monoisotopic (exact) mass is 800 g/mol. The Bertz CT molecular complexity index is 1660. The number of aliphatic hydroxyl groups excluding tert-OH is 9. The Morgan fingerprint density at radius 1 is 0.714 bits per heavy atom. The van der Waals surface area contributed by atoms with Gasteiger partial charge in [-0.2, -0.15) is 0 Å². The van der Waals surface area contributed by atoms with E-state index in [1.165, 1.54) is 32.2 Å². The number of fused-ring (bicyclic) bond motifs is 1. The number of hydrogen-bond acceptors (Lipinski definition) is 20.